The van der Waals surface area contributed by atoms with Crippen LogP contribution in [-0.4, -0.2) is 47.4 Å². The fourth-order valence-corrected chi connectivity index (χ4v) is 9.34. The lowest BCUT2D eigenvalue weighted by Gasteiger charge is -2.20. The Kier molecular flexibility index (Phi) is 55.5. The van der Waals surface area contributed by atoms with Crippen LogP contribution in [0.5, 0.6) is 0 Å². The molecule has 2 unspecified atom stereocenters. The van der Waals surface area contributed by atoms with Gasteiger partial charge in [0.1, 0.15) is 0 Å². The van der Waals surface area contributed by atoms with Gasteiger partial charge in [0.25, 0.3) is 0 Å². The lowest BCUT2D eigenvalue weighted by Crippen LogP contribution is -2.45. The highest BCUT2D eigenvalue weighted by atomic mass is 16.5. The van der Waals surface area contributed by atoms with Crippen molar-refractivity contribution < 1.29 is 24.5 Å². The number of unbranched alkanes of at least 4 members (excludes halogenated alkanes) is 43. The minimum atomic E-state index is -0.853. The summed E-state index contributed by atoms with van der Waals surface area (Å²) in [6, 6.07) is -0.637. The number of nitrogens with one attached hydrogen (secondary N) is 1. The maximum absolute atomic E-state index is 12.5. The highest BCUT2D eigenvalue weighted by Crippen LogP contribution is 2.17. The molecule has 396 valence electrons. The molecule has 6 nitrogen and oxygen atoms in total. The molecule has 0 saturated carbocycles. The van der Waals surface area contributed by atoms with Gasteiger partial charge in [-0.3, -0.25) is 9.59 Å². The average Bonchev–Trinajstić information content (AvgIpc) is 3.33. The van der Waals surface area contributed by atoms with Gasteiger partial charge in [-0.25, -0.2) is 0 Å². The van der Waals surface area contributed by atoms with E-state index in [1.807, 2.05) is 6.08 Å². The predicted molar refractivity (Wildman–Crippen MR) is 292 cm³/mol. The Morgan fingerprint density at radius 2 is 0.701 bits per heavy atom. The zero-order valence-corrected chi connectivity index (χ0v) is 45.1. The SMILES string of the molecule is CCCCCCCCCCCCCCCCCCCC/C=C/C(O)C(CO)NC(=O)CCCCCCCCC/C=C\CCCCCCCCOC(=O)CCCCCCCCCCCCCCC. The highest BCUT2D eigenvalue weighted by Gasteiger charge is 2.18. The van der Waals surface area contributed by atoms with Crippen LogP contribution in [-0.2, 0) is 14.3 Å². The molecule has 0 aliphatic heterocycles. The van der Waals surface area contributed by atoms with Crippen molar-refractivity contribution in [1.82, 2.24) is 5.32 Å². The van der Waals surface area contributed by atoms with Crippen LogP contribution >= 0.6 is 0 Å². The van der Waals surface area contributed by atoms with Crippen molar-refractivity contribution in [1.29, 1.82) is 0 Å². The van der Waals surface area contributed by atoms with Gasteiger partial charge in [-0.2, -0.15) is 0 Å². The summed E-state index contributed by atoms with van der Waals surface area (Å²) in [6.07, 6.45) is 69.2. The molecule has 0 spiro atoms. The van der Waals surface area contributed by atoms with Gasteiger partial charge < -0.3 is 20.3 Å². The quantitative estimate of drug-likeness (QED) is 0.0321. The molecular formula is C61H117NO5. The molecule has 0 aromatic rings. The van der Waals surface area contributed by atoms with Crippen molar-refractivity contribution in [2.75, 3.05) is 13.2 Å². The minimum Gasteiger partial charge on any atom is -0.466 e. The lowest BCUT2D eigenvalue weighted by atomic mass is 10.0. The maximum Gasteiger partial charge on any atom is 0.305 e. The second-order valence-electron chi connectivity index (χ2n) is 20.7. The summed E-state index contributed by atoms with van der Waals surface area (Å²) in [7, 11) is 0. The van der Waals surface area contributed by atoms with Crippen molar-refractivity contribution in [2.24, 2.45) is 0 Å². The molecule has 0 saturated heterocycles. The topological polar surface area (TPSA) is 95.9 Å². The lowest BCUT2D eigenvalue weighted by molar-refractivity contribution is -0.143. The first kappa shape index (κ1) is 65.3. The van der Waals surface area contributed by atoms with E-state index in [1.54, 1.807) is 6.08 Å². The van der Waals surface area contributed by atoms with Gasteiger partial charge in [-0.1, -0.05) is 282 Å². The number of carbonyl (C=O) groups is 2. The molecule has 0 aromatic heterocycles. The number of allylic oxidation sites excluding steroid dienone is 3. The Balaban J connectivity index is 3.49. The number of ether oxygens (including phenoxy) is 1. The molecule has 0 radical (unpaired) electrons. The van der Waals surface area contributed by atoms with E-state index in [0.717, 1.165) is 57.8 Å². The Bertz CT molecular complexity index is 1040. The van der Waals surface area contributed by atoms with Gasteiger partial charge in [-0.05, 0) is 57.8 Å². The van der Waals surface area contributed by atoms with Gasteiger partial charge in [0, 0.05) is 12.8 Å². The number of aliphatic hydroxyl groups excluding tert-OH is 2. The number of aliphatic hydroxyl groups is 2. The second-order valence-corrected chi connectivity index (χ2v) is 20.7. The van der Waals surface area contributed by atoms with Crippen molar-refractivity contribution in [3.8, 4) is 0 Å². The van der Waals surface area contributed by atoms with E-state index in [-0.39, 0.29) is 18.5 Å². The smallest absolute Gasteiger partial charge is 0.305 e. The molecule has 0 bridgehead atoms. The molecule has 2 atom stereocenters. The van der Waals surface area contributed by atoms with Crippen LogP contribution in [0, 0.1) is 0 Å². The third kappa shape index (κ3) is 53.5. The van der Waals surface area contributed by atoms with Gasteiger partial charge in [-0.15, -0.1) is 0 Å². The summed E-state index contributed by atoms with van der Waals surface area (Å²) < 4.78 is 5.47. The number of esters is 1. The summed E-state index contributed by atoms with van der Waals surface area (Å²) in [4.78, 5) is 24.5. The van der Waals surface area contributed by atoms with Crippen LogP contribution in [0.1, 0.15) is 328 Å². The summed E-state index contributed by atoms with van der Waals surface area (Å²) >= 11 is 0. The van der Waals surface area contributed by atoms with Crippen LogP contribution in [0.4, 0.5) is 0 Å². The Labute approximate surface area is 418 Å². The minimum absolute atomic E-state index is 0.000819. The highest BCUT2D eigenvalue weighted by molar-refractivity contribution is 5.76. The molecule has 0 aromatic carbocycles. The monoisotopic (exact) mass is 944 g/mol. The Morgan fingerprint density at radius 1 is 0.403 bits per heavy atom. The average molecular weight is 945 g/mol. The number of carbonyl (C=O) groups excluding carboxylic acids is 2. The molecule has 6 heteroatoms. The van der Waals surface area contributed by atoms with Crippen LogP contribution in [0.2, 0.25) is 0 Å². The van der Waals surface area contributed by atoms with Crippen LogP contribution in [0.25, 0.3) is 0 Å². The van der Waals surface area contributed by atoms with E-state index in [2.05, 4.69) is 31.3 Å². The van der Waals surface area contributed by atoms with E-state index in [1.165, 1.54) is 244 Å². The molecule has 0 fully saturated rings. The van der Waals surface area contributed by atoms with Crippen LogP contribution in [0.3, 0.4) is 0 Å². The van der Waals surface area contributed by atoms with Gasteiger partial charge in [0.2, 0.25) is 5.91 Å². The standard InChI is InChI=1S/C61H117NO5/c1-3-5-7-9-11-13-15-17-18-19-20-21-23-26-30-33-37-41-45-49-53-59(64)58(57-63)62-60(65)54-50-46-42-38-34-31-27-24-22-25-28-32-36-40-44-48-52-56-67-61(66)55-51-47-43-39-35-29-16-14-12-10-8-6-4-2/h22,25,49,53,58-59,63-64H,3-21,23-24,26-48,50-52,54-57H2,1-2H3,(H,62,65)/b25-22-,53-49+. The van der Waals surface area contributed by atoms with E-state index < -0.39 is 12.1 Å². The molecule has 0 heterocycles. The first-order valence-electron chi connectivity index (χ1n) is 30.1. The van der Waals surface area contributed by atoms with Crippen LogP contribution < -0.4 is 5.32 Å². The van der Waals surface area contributed by atoms with E-state index in [9.17, 15) is 19.8 Å². The zero-order valence-electron chi connectivity index (χ0n) is 45.1. The number of amides is 1. The Morgan fingerprint density at radius 3 is 1.06 bits per heavy atom. The third-order valence-corrected chi connectivity index (χ3v) is 14.0. The number of hydrogen-bond acceptors (Lipinski definition) is 5. The normalized spacial score (nSPS) is 12.7. The summed E-state index contributed by atoms with van der Waals surface area (Å²) in [5.41, 5.74) is 0. The molecule has 67 heavy (non-hydrogen) atoms. The molecule has 0 rings (SSSR count). The molecule has 0 aliphatic carbocycles. The van der Waals surface area contributed by atoms with Gasteiger partial charge in [0.15, 0.2) is 0 Å². The second kappa shape index (κ2) is 56.9. The first-order valence-corrected chi connectivity index (χ1v) is 30.1. The van der Waals surface area contributed by atoms with E-state index >= 15 is 0 Å². The summed E-state index contributed by atoms with van der Waals surface area (Å²) in [6.45, 7) is 4.90. The Hall–Kier alpha value is -1.66. The number of hydrogen-bond donors (Lipinski definition) is 3. The largest absolute Gasteiger partial charge is 0.466 e. The van der Waals surface area contributed by atoms with Gasteiger partial charge >= 0.3 is 5.97 Å². The van der Waals surface area contributed by atoms with Crippen LogP contribution in [0.15, 0.2) is 24.3 Å². The zero-order chi connectivity index (χ0) is 48.6. The fourth-order valence-electron chi connectivity index (χ4n) is 9.34. The van der Waals surface area contributed by atoms with Crippen molar-refractivity contribution in [3.63, 3.8) is 0 Å². The predicted octanol–water partition coefficient (Wildman–Crippen LogP) is 18.6. The van der Waals surface area contributed by atoms with Crippen molar-refractivity contribution in [2.45, 2.75) is 341 Å². The fraction of sp³-hybridized carbons (Fsp3) is 0.902. The number of rotatable bonds is 56. The van der Waals surface area contributed by atoms with Crippen molar-refractivity contribution in [3.05, 3.63) is 24.3 Å². The molecule has 1 amide bonds. The summed E-state index contributed by atoms with van der Waals surface area (Å²) in [5, 5.41) is 23.2. The van der Waals surface area contributed by atoms with Gasteiger partial charge in [0.05, 0.1) is 25.4 Å². The van der Waals surface area contributed by atoms with E-state index in [4.69, 9.17) is 4.74 Å². The molecule has 0 aliphatic rings. The maximum atomic E-state index is 12.5. The molecular weight excluding hydrogens is 827 g/mol. The first-order chi connectivity index (χ1) is 33.0. The van der Waals surface area contributed by atoms with E-state index in [0.29, 0.717) is 19.4 Å². The third-order valence-electron chi connectivity index (χ3n) is 14.0. The summed E-state index contributed by atoms with van der Waals surface area (Å²) in [5.74, 6) is -0.0781. The molecule has 3 N–H and O–H groups in total. The van der Waals surface area contributed by atoms with Crippen molar-refractivity contribution >= 4 is 11.9 Å².